The van der Waals surface area contributed by atoms with E-state index in [4.69, 9.17) is 18.6 Å². The minimum absolute atomic E-state index is 0.00561. The zero-order valence-corrected chi connectivity index (χ0v) is 17.5. The van der Waals surface area contributed by atoms with E-state index in [9.17, 15) is 8.96 Å². The number of rotatable bonds is 9. The summed E-state index contributed by atoms with van der Waals surface area (Å²) in [7, 11) is -3.36. The molecule has 1 spiro atoms. The van der Waals surface area contributed by atoms with Crippen LogP contribution in [0.25, 0.3) is 0 Å². The van der Waals surface area contributed by atoms with Crippen LogP contribution in [0.1, 0.15) is 45.6 Å². The fourth-order valence-corrected chi connectivity index (χ4v) is 5.23. The van der Waals surface area contributed by atoms with E-state index in [-0.39, 0.29) is 25.2 Å². The lowest BCUT2D eigenvalue weighted by atomic mass is 9.94. The molecule has 2 aliphatic rings. The number of fused-ring (bicyclic) bond motifs is 2. The van der Waals surface area contributed by atoms with Crippen LogP contribution in [-0.4, -0.2) is 43.3 Å². The predicted octanol–water partition coefficient (Wildman–Crippen LogP) is 4.47. The van der Waals surface area contributed by atoms with Crippen LogP contribution < -0.4 is 4.74 Å². The molecule has 3 rings (SSSR count). The summed E-state index contributed by atoms with van der Waals surface area (Å²) in [4.78, 5) is 7.90. The van der Waals surface area contributed by atoms with E-state index in [0.29, 0.717) is 36.7 Å². The van der Waals surface area contributed by atoms with Gasteiger partial charge in [-0.25, -0.2) is 4.39 Å². The molecule has 156 valence electrons. The molecule has 0 amide bonds. The number of ether oxygens (including phenoxy) is 1. The van der Waals surface area contributed by atoms with Crippen molar-refractivity contribution in [3.8, 4) is 5.75 Å². The van der Waals surface area contributed by atoms with Crippen molar-refractivity contribution >= 4 is 13.4 Å². The quantitative estimate of drug-likeness (QED) is 0.555. The number of hydrogen-bond donors (Lipinski definition) is 0. The average molecular weight is 414 g/mol. The summed E-state index contributed by atoms with van der Waals surface area (Å²) in [5.74, 6) is 0.699. The van der Waals surface area contributed by atoms with Gasteiger partial charge >= 0.3 is 7.60 Å². The number of unbranched alkanes of at least 4 members (excludes halogenated alkanes) is 1. The third-order valence-corrected chi connectivity index (χ3v) is 6.81. The monoisotopic (exact) mass is 414 g/mol. The van der Waals surface area contributed by atoms with Gasteiger partial charge in [-0.1, -0.05) is 18.5 Å². The molecule has 1 atom stereocenters. The number of hydrogen-bond acceptors (Lipinski definition) is 7. The maximum atomic E-state index is 14.0. The van der Waals surface area contributed by atoms with Crippen LogP contribution in [0.5, 0.6) is 5.75 Å². The average Bonchev–Trinajstić information content (AvgIpc) is 2.98. The number of benzene rings is 1. The second kappa shape index (κ2) is 8.80. The molecule has 0 aliphatic carbocycles. The molecule has 0 saturated carbocycles. The Bertz CT molecular complexity index is 765. The maximum Gasteiger partial charge on any atom is 0.338 e. The molecule has 1 aromatic carbocycles. The lowest BCUT2D eigenvalue weighted by molar-refractivity contribution is -0.127. The van der Waals surface area contributed by atoms with Crippen LogP contribution in [0.4, 0.5) is 4.39 Å². The van der Waals surface area contributed by atoms with E-state index in [1.54, 1.807) is 19.9 Å². The van der Waals surface area contributed by atoms with Gasteiger partial charge in [0.2, 0.25) is 5.72 Å². The number of halogens is 1. The zero-order chi connectivity index (χ0) is 20.2. The van der Waals surface area contributed by atoms with Crippen molar-refractivity contribution in [1.29, 1.82) is 0 Å². The van der Waals surface area contributed by atoms with Gasteiger partial charge in [0, 0.05) is 13.0 Å². The van der Waals surface area contributed by atoms with Gasteiger partial charge in [0.25, 0.3) is 0 Å². The normalized spacial score (nSPS) is 21.3. The predicted molar refractivity (Wildman–Crippen MR) is 104 cm³/mol. The molecule has 0 radical (unpaired) electrons. The third kappa shape index (κ3) is 4.04. The first-order valence-corrected chi connectivity index (χ1v) is 11.5. The Morgan fingerprint density at radius 2 is 2.04 bits per heavy atom. The molecule has 0 fully saturated rings. The molecule has 7 nitrogen and oxygen atoms in total. The second-order valence-corrected chi connectivity index (χ2v) is 8.79. The van der Waals surface area contributed by atoms with Crippen LogP contribution in [0.3, 0.4) is 0 Å². The minimum Gasteiger partial charge on any atom is -0.493 e. The lowest BCUT2D eigenvalue weighted by Gasteiger charge is -2.41. The first kappa shape index (κ1) is 21.1. The summed E-state index contributed by atoms with van der Waals surface area (Å²) in [5.41, 5.74) is -0.375. The van der Waals surface area contributed by atoms with E-state index >= 15 is 0 Å². The molecule has 0 saturated heterocycles. The van der Waals surface area contributed by atoms with Crippen molar-refractivity contribution in [2.24, 2.45) is 5.16 Å². The van der Waals surface area contributed by atoms with E-state index < -0.39 is 13.3 Å². The van der Waals surface area contributed by atoms with E-state index in [1.165, 1.54) is 12.1 Å². The standard InChI is InChI=1S/C19H28FN2O5P/c1-4-7-11-22-18(14-28(23,25-5-2)26-6-3)21-27-19(22)10-12-24-17-9-8-15(20)13-16(17)19/h8-9,13H,4-7,10-12,14H2,1-3H3. The molecule has 0 aromatic heterocycles. The van der Waals surface area contributed by atoms with Crippen molar-refractivity contribution in [1.82, 2.24) is 4.90 Å². The van der Waals surface area contributed by atoms with Crippen LogP contribution in [0.2, 0.25) is 0 Å². The van der Waals surface area contributed by atoms with Crippen molar-refractivity contribution < 1.29 is 27.6 Å². The Kier molecular flexibility index (Phi) is 6.63. The molecular formula is C19H28FN2O5P. The van der Waals surface area contributed by atoms with Crippen molar-refractivity contribution in [2.45, 2.75) is 45.8 Å². The molecule has 9 heteroatoms. The highest BCUT2D eigenvalue weighted by Gasteiger charge is 2.52. The Balaban J connectivity index is 1.96. The van der Waals surface area contributed by atoms with Crippen LogP contribution in [-0.2, 0) is 24.2 Å². The van der Waals surface area contributed by atoms with Gasteiger partial charge in [0.15, 0.2) is 5.84 Å². The van der Waals surface area contributed by atoms with E-state index in [0.717, 1.165) is 12.8 Å². The molecule has 2 aliphatic heterocycles. The van der Waals surface area contributed by atoms with Gasteiger partial charge < -0.3 is 23.5 Å². The van der Waals surface area contributed by atoms with Crippen LogP contribution in [0.15, 0.2) is 23.4 Å². The SMILES string of the molecule is CCCCN1C(CP(=O)(OCC)OCC)=NOC12CCOc1ccc(F)cc12. The summed E-state index contributed by atoms with van der Waals surface area (Å²) in [5, 5.41) is 4.26. The highest BCUT2D eigenvalue weighted by Crippen LogP contribution is 2.52. The highest BCUT2D eigenvalue weighted by atomic mass is 31.2. The first-order chi connectivity index (χ1) is 13.5. The van der Waals surface area contributed by atoms with E-state index in [2.05, 4.69) is 12.1 Å². The van der Waals surface area contributed by atoms with Crippen LogP contribution >= 0.6 is 7.60 Å². The third-order valence-electron chi connectivity index (χ3n) is 4.83. The van der Waals surface area contributed by atoms with Crippen molar-refractivity contribution in [2.75, 3.05) is 32.5 Å². The second-order valence-electron chi connectivity index (χ2n) is 6.73. The molecule has 0 N–H and O–H groups in total. The van der Waals surface area contributed by atoms with Gasteiger partial charge in [0.05, 0.1) is 25.4 Å². The summed E-state index contributed by atoms with van der Waals surface area (Å²) < 4.78 is 43.7. The minimum atomic E-state index is -3.36. The Hall–Kier alpha value is -1.63. The maximum absolute atomic E-state index is 14.0. The smallest absolute Gasteiger partial charge is 0.338 e. The van der Waals surface area contributed by atoms with Gasteiger partial charge in [0.1, 0.15) is 17.7 Å². The number of oxime groups is 1. The molecule has 1 unspecified atom stereocenters. The molecule has 28 heavy (non-hydrogen) atoms. The zero-order valence-electron chi connectivity index (χ0n) is 16.6. The summed E-state index contributed by atoms with van der Waals surface area (Å²) >= 11 is 0. The molecule has 0 bridgehead atoms. The first-order valence-electron chi connectivity index (χ1n) is 9.81. The number of nitrogens with zero attached hydrogens (tertiary/aromatic N) is 2. The van der Waals surface area contributed by atoms with Gasteiger partial charge in [-0.15, -0.1) is 0 Å². The number of amidine groups is 1. The largest absolute Gasteiger partial charge is 0.493 e. The van der Waals surface area contributed by atoms with E-state index in [1.807, 2.05) is 4.90 Å². The Morgan fingerprint density at radius 1 is 1.29 bits per heavy atom. The molecule has 2 heterocycles. The summed E-state index contributed by atoms with van der Waals surface area (Å²) in [6.45, 7) is 7.21. The fraction of sp³-hybridized carbons (Fsp3) is 0.632. The van der Waals surface area contributed by atoms with Gasteiger partial charge in [-0.2, -0.15) is 0 Å². The molecule has 1 aromatic rings. The molecular weight excluding hydrogens is 386 g/mol. The Labute approximate surface area is 165 Å². The Morgan fingerprint density at radius 3 is 2.71 bits per heavy atom. The lowest BCUT2D eigenvalue weighted by Crippen LogP contribution is -2.50. The van der Waals surface area contributed by atoms with Gasteiger partial charge in [-0.05, 0) is 38.5 Å². The van der Waals surface area contributed by atoms with Gasteiger partial charge in [-0.3, -0.25) is 4.57 Å². The highest BCUT2D eigenvalue weighted by molar-refractivity contribution is 7.54. The topological polar surface area (TPSA) is 69.6 Å². The summed E-state index contributed by atoms with van der Waals surface area (Å²) in [6, 6.07) is 4.40. The van der Waals surface area contributed by atoms with Crippen molar-refractivity contribution in [3.05, 3.63) is 29.6 Å². The summed E-state index contributed by atoms with van der Waals surface area (Å²) in [6.07, 6.45) is 2.32. The fourth-order valence-electron chi connectivity index (χ4n) is 3.61. The van der Waals surface area contributed by atoms with Crippen molar-refractivity contribution in [3.63, 3.8) is 0 Å². The van der Waals surface area contributed by atoms with Crippen LogP contribution in [0, 0.1) is 5.82 Å².